The van der Waals surface area contributed by atoms with Crippen molar-refractivity contribution in [1.29, 1.82) is 0 Å². The van der Waals surface area contributed by atoms with E-state index in [1.165, 1.54) is 6.42 Å². The van der Waals surface area contributed by atoms with Crippen molar-refractivity contribution in [3.8, 4) is 0 Å². The highest BCUT2D eigenvalue weighted by Crippen LogP contribution is 2.15. The molecule has 1 atom stereocenters. The molecule has 0 aliphatic carbocycles. The van der Waals surface area contributed by atoms with Crippen molar-refractivity contribution >= 4 is 17.5 Å². The Hall–Kier alpha value is -1.88. The number of benzene rings is 1. The molecular weight excluding hydrogens is 278 g/mol. The maximum Gasteiger partial charge on any atom is 0.237 e. The summed E-state index contributed by atoms with van der Waals surface area (Å²) in [4.78, 5) is 26.2. The molecule has 0 radical (unpaired) electrons. The number of likely N-dealkylation sites (tertiary alicyclic amines) is 1. The van der Waals surface area contributed by atoms with Crippen LogP contribution in [0.3, 0.4) is 0 Å². The van der Waals surface area contributed by atoms with Gasteiger partial charge >= 0.3 is 0 Å². The summed E-state index contributed by atoms with van der Waals surface area (Å²) < 4.78 is 0. The minimum absolute atomic E-state index is 0.0388. The lowest BCUT2D eigenvalue weighted by molar-refractivity contribution is -0.126. The second kappa shape index (κ2) is 8.54. The molecule has 2 rings (SSSR count). The van der Waals surface area contributed by atoms with Gasteiger partial charge in [0.05, 0.1) is 6.04 Å². The first-order valence-electron chi connectivity index (χ1n) is 7.99. The lowest BCUT2D eigenvalue weighted by atomic mass is 10.1. The van der Waals surface area contributed by atoms with Gasteiger partial charge in [0.25, 0.3) is 0 Å². The number of nitrogens with one attached hydrogen (secondary N) is 2. The van der Waals surface area contributed by atoms with E-state index >= 15 is 0 Å². The SMILES string of the molecule is CN1CCCCC[C@H]1C(=O)NCCC(=O)Nc1ccccc1. The van der Waals surface area contributed by atoms with Crippen molar-refractivity contribution in [1.82, 2.24) is 10.2 Å². The zero-order valence-electron chi connectivity index (χ0n) is 13.2. The third-order valence-corrected chi connectivity index (χ3v) is 4.03. The van der Waals surface area contributed by atoms with E-state index in [0.29, 0.717) is 6.54 Å². The van der Waals surface area contributed by atoms with Crippen LogP contribution in [0.4, 0.5) is 5.69 Å². The Bertz CT molecular complexity index is 490. The first kappa shape index (κ1) is 16.5. The van der Waals surface area contributed by atoms with Crippen molar-refractivity contribution in [3.05, 3.63) is 30.3 Å². The summed E-state index contributed by atoms with van der Waals surface area (Å²) in [6.45, 7) is 1.34. The Balaban J connectivity index is 1.71. The van der Waals surface area contributed by atoms with E-state index < -0.39 is 0 Å². The summed E-state index contributed by atoms with van der Waals surface area (Å²) in [6.07, 6.45) is 4.62. The number of likely N-dealkylation sites (N-methyl/N-ethyl adjacent to an activating group) is 1. The van der Waals surface area contributed by atoms with E-state index in [0.717, 1.165) is 31.5 Å². The van der Waals surface area contributed by atoms with E-state index in [1.54, 1.807) is 0 Å². The molecule has 1 aliphatic rings. The molecule has 1 aliphatic heterocycles. The fourth-order valence-corrected chi connectivity index (χ4v) is 2.75. The predicted octanol–water partition coefficient (Wildman–Crippen LogP) is 2.01. The molecule has 0 unspecified atom stereocenters. The highest BCUT2D eigenvalue weighted by molar-refractivity contribution is 5.91. The molecule has 1 heterocycles. The summed E-state index contributed by atoms with van der Waals surface area (Å²) in [5.41, 5.74) is 0.780. The first-order chi connectivity index (χ1) is 10.7. The van der Waals surface area contributed by atoms with Crippen LogP contribution in [0.5, 0.6) is 0 Å². The Morgan fingerprint density at radius 2 is 1.95 bits per heavy atom. The zero-order chi connectivity index (χ0) is 15.8. The molecule has 2 N–H and O–H groups in total. The maximum atomic E-state index is 12.2. The van der Waals surface area contributed by atoms with E-state index in [-0.39, 0.29) is 24.3 Å². The first-order valence-corrected chi connectivity index (χ1v) is 7.99. The summed E-state index contributed by atoms with van der Waals surface area (Å²) in [7, 11) is 2.00. The standard InChI is InChI=1S/C17H25N3O2/c1-20-13-7-3-6-10-15(20)17(22)18-12-11-16(21)19-14-8-4-2-5-9-14/h2,4-5,8-9,15H,3,6-7,10-13H2,1H3,(H,18,22)(H,19,21)/t15-/m0/s1. The molecule has 2 amide bonds. The average Bonchev–Trinajstić information content (AvgIpc) is 2.72. The summed E-state index contributed by atoms with van der Waals surface area (Å²) in [5.74, 6) is -0.0439. The Morgan fingerprint density at radius 1 is 1.18 bits per heavy atom. The summed E-state index contributed by atoms with van der Waals surface area (Å²) >= 11 is 0. The Kier molecular flexibility index (Phi) is 6.40. The van der Waals surface area contributed by atoms with Gasteiger partial charge in [0.1, 0.15) is 0 Å². The summed E-state index contributed by atoms with van der Waals surface area (Å²) in [5, 5.41) is 5.70. The number of hydrogen-bond donors (Lipinski definition) is 2. The molecule has 1 aromatic rings. The van der Waals surface area contributed by atoms with E-state index in [2.05, 4.69) is 15.5 Å². The van der Waals surface area contributed by atoms with Gasteiger partial charge < -0.3 is 10.6 Å². The Morgan fingerprint density at radius 3 is 2.73 bits per heavy atom. The lowest BCUT2D eigenvalue weighted by Gasteiger charge is -2.24. The molecule has 1 saturated heterocycles. The number of hydrogen-bond acceptors (Lipinski definition) is 3. The zero-order valence-corrected chi connectivity index (χ0v) is 13.2. The third-order valence-electron chi connectivity index (χ3n) is 4.03. The second-order valence-corrected chi connectivity index (χ2v) is 5.80. The van der Waals surface area contributed by atoms with Gasteiger partial charge in [0.15, 0.2) is 0 Å². The van der Waals surface area contributed by atoms with Crippen molar-refractivity contribution in [2.45, 2.75) is 38.1 Å². The molecule has 1 aromatic carbocycles. The number of rotatable bonds is 5. The van der Waals surface area contributed by atoms with E-state index in [1.807, 2.05) is 37.4 Å². The molecule has 5 nitrogen and oxygen atoms in total. The van der Waals surface area contributed by atoms with Gasteiger partial charge in [-0.25, -0.2) is 0 Å². The minimum atomic E-state index is -0.0827. The monoisotopic (exact) mass is 303 g/mol. The number of para-hydroxylation sites is 1. The maximum absolute atomic E-state index is 12.2. The van der Waals surface area contributed by atoms with Crippen LogP contribution in [-0.4, -0.2) is 42.9 Å². The predicted molar refractivity (Wildman–Crippen MR) is 87.6 cm³/mol. The molecular formula is C17H25N3O2. The van der Waals surface area contributed by atoms with Crippen LogP contribution in [0.1, 0.15) is 32.1 Å². The van der Waals surface area contributed by atoms with E-state index in [4.69, 9.17) is 0 Å². The second-order valence-electron chi connectivity index (χ2n) is 5.80. The van der Waals surface area contributed by atoms with Crippen molar-refractivity contribution in [2.24, 2.45) is 0 Å². The summed E-state index contributed by atoms with van der Waals surface area (Å²) in [6, 6.07) is 9.28. The average molecular weight is 303 g/mol. The van der Waals surface area contributed by atoms with Crippen LogP contribution in [0, 0.1) is 0 Å². The van der Waals surface area contributed by atoms with Crippen LogP contribution in [-0.2, 0) is 9.59 Å². The van der Waals surface area contributed by atoms with Crippen LogP contribution in [0.15, 0.2) is 30.3 Å². The molecule has 0 aromatic heterocycles. The third kappa shape index (κ3) is 5.15. The molecule has 5 heteroatoms. The molecule has 22 heavy (non-hydrogen) atoms. The quantitative estimate of drug-likeness (QED) is 0.874. The van der Waals surface area contributed by atoms with Crippen LogP contribution >= 0.6 is 0 Å². The molecule has 120 valence electrons. The number of anilines is 1. The molecule has 0 bridgehead atoms. The van der Waals surface area contributed by atoms with Gasteiger partial charge in [-0.15, -0.1) is 0 Å². The van der Waals surface area contributed by atoms with Crippen molar-refractivity contribution < 1.29 is 9.59 Å². The topological polar surface area (TPSA) is 61.4 Å². The molecule has 0 spiro atoms. The fourth-order valence-electron chi connectivity index (χ4n) is 2.75. The molecule has 0 saturated carbocycles. The fraction of sp³-hybridized carbons (Fsp3) is 0.529. The highest BCUT2D eigenvalue weighted by atomic mass is 16.2. The normalized spacial score (nSPS) is 19.2. The number of amides is 2. The van der Waals surface area contributed by atoms with Crippen molar-refractivity contribution in [3.63, 3.8) is 0 Å². The lowest BCUT2D eigenvalue weighted by Crippen LogP contribution is -2.45. The van der Waals surface area contributed by atoms with Crippen LogP contribution in [0.2, 0.25) is 0 Å². The van der Waals surface area contributed by atoms with Gasteiger partial charge in [-0.1, -0.05) is 31.0 Å². The Labute approximate surface area is 132 Å². The van der Waals surface area contributed by atoms with E-state index in [9.17, 15) is 9.59 Å². The van der Waals surface area contributed by atoms with Gasteiger partial charge in [-0.2, -0.15) is 0 Å². The highest BCUT2D eigenvalue weighted by Gasteiger charge is 2.24. The number of carbonyl (C=O) groups excluding carboxylic acids is 2. The largest absolute Gasteiger partial charge is 0.354 e. The van der Waals surface area contributed by atoms with Gasteiger partial charge in [0.2, 0.25) is 11.8 Å². The smallest absolute Gasteiger partial charge is 0.237 e. The van der Waals surface area contributed by atoms with Gasteiger partial charge in [0, 0.05) is 18.7 Å². The van der Waals surface area contributed by atoms with Crippen molar-refractivity contribution in [2.75, 3.05) is 25.5 Å². The van der Waals surface area contributed by atoms with Crippen LogP contribution in [0.25, 0.3) is 0 Å². The minimum Gasteiger partial charge on any atom is -0.354 e. The van der Waals surface area contributed by atoms with Gasteiger partial charge in [-0.05, 0) is 38.6 Å². The van der Waals surface area contributed by atoms with Crippen LogP contribution < -0.4 is 10.6 Å². The number of nitrogens with zero attached hydrogens (tertiary/aromatic N) is 1. The van der Waals surface area contributed by atoms with Gasteiger partial charge in [-0.3, -0.25) is 14.5 Å². The number of carbonyl (C=O) groups is 2. The molecule has 1 fully saturated rings.